The molecule has 0 radical (unpaired) electrons. The van der Waals surface area contributed by atoms with Crippen molar-refractivity contribution in [1.82, 2.24) is 9.62 Å². The Labute approximate surface area is 167 Å². The zero-order valence-corrected chi connectivity index (χ0v) is 17.6. The molecule has 0 aliphatic carbocycles. The molecule has 1 aliphatic heterocycles. The van der Waals surface area contributed by atoms with E-state index in [4.69, 9.17) is 0 Å². The molecule has 3 rings (SSSR count). The van der Waals surface area contributed by atoms with Crippen LogP contribution in [-0.2, 0) is 16.6 Å². The fourth-order valence-electron chi connectivity index (χ4n) is 3.55. The molecule has 0 saturated carbocycles. The van der Waals surface area contributed by atoms with Gasteiger partial charge in [-0.05, 0) is 56.9 Å². The number of carbonyl (C=O) groups excluding carboxylic acids is 1. The van der Waals surface area contributed by atoms with Gasteiger partial charge < -0.3 is 5.32 Å². The summed E-state index contributed by atoms with van der Waals surface area (Å²) in [6.45, 7) is 6.71. The van der Waals surface area contributed by atoms with Gasteiger partial charge in [0, 0.05) is 24.7 Å². The molecule has 1 saturated heterocycles. The maximum absolute atomic E-state index is 13.1. The van der Waals surface area contributed by atoms with Crippen LogP contribution in [-0.4, -0.2) is 31.2 Å². The first kappa shape index (κ1) is 20.6. The van der Waals surface area contributed by atoms with Crippen LogP contribution in [0.2, 0.25) is 0 Å². The lowest BCUT2D eigenvalue weighted by molar-refractivity contribution is 0.0950. The second-order valence-corrected chi connectivity index (χ2v) is 9.50. The SMILES string of the molecule is Cc1ccc(CNC(=O)c2cc(S(=O)(=O)N3CCCCC3C)ccc2C)cc1. The first-order valence-corrected chi connectivity index (χ1v) is 11.2. The summed E-state index contributed by atoms with van der Waals surface area (Å²) in [5, 5.41) is 2.90. The first-order chi connectivity index (χ1) is 13.3. The molecule has 0 aromatic heterocycles. The summed E-state index contributed by atoms with van der Waals surface area (Å²) in [4.78, 5) is 12.9. The van der Waals surface area contributed by atoms with Crippen molar-refractivity contribution in [3.63, 3.8) is 0 Å². The molecule has 6 heteroatoms. The van der Waals surface area contributed by atoms with E-state index in [1.165, 1.54) is 6.07 Å². The van der Waals surface area contributed by atoms with Gasteiger partial charge in [-0.25, -0.2) is 8.42 Å². The van der Waals surface area contributed by atoms with Crippen LogP contribution in [0.1, 0.15) is 53.2 Å². The minimum absolute atomic E-state index is 0.0149. The highest BCUT2D eigenvalue weighted by atomic mass is 32.2. The Bertz CT molecular complexity index is 952. The number of aryl methyl sites for hydroxylation is 2. The summed E-state index contributed by atoms with van der Waals surface area (Å²) in [7, 11) is -3.60. The zero-order valence-electron chi connectivity index (χ0n) is 16.7. The highest BCUT2D eigenvalue weighted by molar-refractivity contribution is 7.89. The predicted octanol–water partition coefficient (Wildman–Crippen LogP) is 3.80. The standard InChI is InChI=1S/C22H28N2O3S/c1-16-7-10-19(11-8-16)15-23-22(25)21-14-20(12-9-17(21)2)28(26,27)24-13-5-4-6-18(24)3/h7-12,14,18H,4-6,13,15H2,1-3H3,(H,23,25). The van der Waals surface area contributed by atoms with Crippen molar-refractivity contribution < 1.29 is 13.2 Å². The van der Waals surface area contributed by atoms with Gasteiger partial charge in [0.1, 0.15) is 0 Å². The van der Waals surface area contributed by atoms with Crippen LogP contribution in [0.4, 0.5) is 0 Å². The van der Waals surface area contributed by atoms with E-state index in [0.29, 0.717) is 18.7 Å². The third-order valence-electron chi connectivity index (χ3n) is 5.38. The molecule has 0 spiro atoms. The summed E-state index contributed by atoms with van der Waals surface area (Å²) in [5.74, 6) is -0.262. The van der Waals surface area contributed by atoms with Crippen LogP contribution < -0.4 is 5.32 Å². The largest absolute Gasteiger partial charge is 0.348 e. The first-order valence-electron chi connectivity index (χ1n) is 9.75. The fraction of sp³-hybridized carbons (Fsp3) is 0.409. The third-order valence-corrected chi connectivity index (χ3v) is 7.39. The van der Waals surface area contributed by atoms with E-state index in [9.17, 15) is 13.2 Å². The monoisotopic (exact) mass is 400 g/mol. The molecule has 1 aliphatic rings. The van der Waals surface area contributed by atoms with Crippen LogP contribution in [0, 0.1) is 13.8 Å². The average Bonchev–Trinajstić information content (AvgIpc) is 2.67. The van der Waals surface area contributed by atoms with Crippen LogP contribution in [0.3, 0.4) is 0 Å². The number of piperidine rings is 1. The summed E-state index contributed by atoms with van der Waals surface area (Å²) < 4.78 is 27.7. The summed E-state index contributed by atoms with van der Waals surface area (Å²) in [6.07, 6.45) is 2.79. The molecule has 150 valence electrons. The minimum atomic E-state index is -3.60. The number of benzene rings is 2. The highest BCUT2D eigenvalue weighted by Gasteiger charge is 2.31. The number of carbonyl (C=O) groups is 1. The van der Waals surface area contributed by atoms with Gasteiger partial charge in [-0.3, -0.25) is 4.79 Å². The molecule has 2 aromatic rings. The second-order valence-electron chi connectivity index (χ2n) is 7.61. The van der Waals surface area contributed by atoms with E-state index in [2.05, 4.69) is 5.32 Å². The van der Waals surface area contributed by atoms with Crippen LogP contribution in [0.15, 0.2) is 47.4 Å². The fourth-order valence-corrected chi connectivity index (χ4v) is 5.28. The molecular formula is C22H28N2O3S. The van der Waals surface area contributed by atoms with Gasteiger partial charge in [-0.15, -0.1) is 0 Å². The topological polar surface area (TPSA) is 66.5 Å². The van der Waals surface area contributed by atoms with Crippen molar-refractivity contribution in [2.45, 2.75) is 57.5 Å². The quantitative estimate of drug-likeness (QED) is 0.830. The molecule has 1 fully saturated rings. The molecule has 0 bridgehead atoms. The average molecular weight is 401 g/mol. The van der Waals surface area contributed by atoms with Crippen molar-refractivity contribution in [3.8, 4) is 0 Å². The molecular weight excluding hydrogens is 372 g/mol. The lowest BCUT2D eigenvalue weighted by Crippen LogP contribution is -2.42. The molecule has 1 unspecified atom stereocenters. The van der Waals surface area contributed by atoms with E-state index in [1.54, 1.807) is 16.4 Å². The molecule has 1 N–H and O–H groups in total. The van der Waals surface area contributed by atoms with Crippen LogP contribution in [0.5, 0.6) is 0 Å². The zero-order chi connectivity index (χ0) is 20.3. The van der Waals surface area contributed by atoms with E-state index >= 15 is 0 Å². The van der Waals surface area contributed by atoms with Gasteiger partial charge in [-0.2, -0.15) is 4.31 Å². The Kier molecular flexibility index (Phi) is 6.20. The van der Waals surface area contributed by atoms with Crippen molar-refractivity contribution in [1.29, 1.82) is 0 Å². The van der Waals surface area contributed by atoms with Crippen LogP contribution in [0.25, 0.3) is 0 Å². The Balaban J connectivity index is 1.80. The Morgan fingerprint density at radius 2 is 1.82 bits per heavy atom. The Morgan fingerprint density at radius 1 is 1.11 bits per heavy atom. The molecule has 2 aromatic carbocycles. The maximum atomic E-state index is 13.1. The lowest BCUT2D eigenvalue weighted by Gasteiger charge is -2.32. The minimum Gasteiger partial charge on any atom is -0.348 e. The van der Waals surface area contributed by atoms with Gasteiger partial charge in [0.15, 0.2) is 0 Å². The van der Waals surface area contributed by atoms with Gasteiger partial charge in [0.25, 0.3) is 5.91 Å². The van der Waals surface area contributed by atoms with Crippen molar-refractivity contribution in [2.75, 3.05) is 6.54 Å². The van der Waals surface area contributed by atoms with Gasteiger partial charge in [0.05, 0.1) is 4.90 Å². The Hall–Kier alpha value is -2.18. The van der Waals surface area contributed by atoms with Crippen molar-refractivity contribution >= 4 is 15.9 Å². The number of amides is 1. The lowest BCUT2D eigenvalue weighted by atomic mass is 10.1. The van der Waals surface area contributed by atoms with E-state index in [1.807, 2.05) is 45.0 Å². The summed E-state index contributed by atoms with van der Waals surface area (Å²) >= 11 is 0. The number of nitrogens with zero attached hydrogens (tertiary/aromatic N) is 1. The number of hydrogen-bond donors (Lipinski definition) is 1. The molecule has 5 nitrogen and oxygen atoms in total. The van der Waals surface area contributed by atoms with E-state index < -0.39 is 10.0 Å². The number of rotatable bonds is 5. The summed E-state index contributed by atoms with van der Waals surface area (Å²) in [5.41, 5.74) is 3.32. The van der Waals surface area contributed by atoms with Gasteiger partial charge >= 0.3 is 0 Å². The number of sulfonamides is 1. The Morgan fingerprint density at radius 3 is 2.50 bits per heavy atom. The molecule has 1 atom stereocenters. The molecule has 1 heterocycles. The van der Waals surface area contributed by atoms with Crippen LogP contribution >= 0.6 is 0 Å². The highest BCUT2D eigenvalue weighted by Crippen LogP contribution is 2.26. The van der Waals surface area contributed by atoms with Crippen molar-refractivity contribution in [2.24, 2.45) is 0 Å². The number of nitrogens with one attached hydrogen (secondary N) is 1. The summed E-state index contributed by atoms with van der Waals surface area (Å²) in [6, 6.07) is 12.8. The maximum Gasteiger partial charge on any atom is 0.251 e. The third kappa shape index (κ3) is 4.45. The molecule has 1 amide bonds. The predicted molar refractivity (Wildman–Crippen MR) is 111 cm³/mol. The van der Waals surface area contributed by atoms with Crippen molar-refractivity contribution in [3.05, 3.63) is 64.7 Å². The normalized spacial score (nSPS) is 18.0. The van der Waals surface area contributed by atoms with Gasteiger partial charge in [0.2, 0.25) is 10.0 Å². The van der Waals surface area contributed by atoms with E-state index in [0.717, 1.165) is 36.0 Å². The van der Waals surface area contributed by atoms with E-state index in [-0.39, 0.29) is 16.8 Å². The smallest absolute Gasteiger partial charge is 0.251 e. The second kappa shape index (κ2) is 8.45. The molecule has 28 heavy (non-hydrogen) atoms. The van der Waals surface area contributed by atoms with Gasteiger partial charge in [-0.1, -0.05) is 42.3 Å². The number of hydrogen-bond acceptors (Lipinski definition) is 3.